The highest BCUT2D eigenvalue weighted by molar-refractivity contribution is 7.29. The maximum Gasteiger partial charge on any atom is 0.264 e. The molecule has 1 amide bonds. The molecule has 2 aromatic rings. The normalized spacial score (nSPS) is 17.2. The van der Waals surface area contributed by atoms with Crippen molar-refractivity contribution in [2.45, 2.75) is 18.9 Å². The standard InChI is InChI=1S/C13H18N4OS2.2ClH/c1-16(2)13-15-11-9(20-13)6-10(19-11)12(18)17-5-3-4-8(17)7-14;;/h6,8H,3-5,7,14H2,1-2H3;2*1H. The summed E-state index contributed by atoms with van der Waals surface area (Å²) in [4.78, 5) is 22.7. The van der Waals surface area contributed by atoms with Gasteiger partial charge in [-0.15, -0.1) is 36.2 Å². The maximum atomic E-state index is 12.5. The molecule has 1 fully saturated rings. The molecule has 1 saturated heterocycles. The zero-order valence-corrected chi connectivity index (χ0v) is 15.7. The minimum Gasteiger partial charge on any atom is -0.354 e. The second kappa shape index (κ2) is 7.79. The van der Waals surface area contributed by atoms with Crippen LogP contribution in [0.2, 0.25) is 0 Å². The summed E-state index contributed by atoms with van der Waals surface area (Å²) in [6.45, 7) is 1.37. The van der Waals surface area contributed by atoms with Crippen LogP contribution in [0, 0.1) is 0 Å². The van der Waals surface area contributed by atoms with Crippen LogP contribution in [-0.2, 0) is 0 Å². The lowest BCUT2D eigenvalue weighted by atomic mass is 10.2. The number of likely N-dealkylation sites (tertiary alicyclic amines) is 1. The van der Waals surface area contributed by atoms with E-state index < -0.39 is 0 Å². The molecule has 1 atom stereocenters. The molecule has 3 rings (SSSR count). The predicted molar refractivity (Wildman–Crippen MR) is 99.4 cm³/mol. The molecule has 2 aromatic heterocycles. The lowest BCUT2D eigenvalue weighted by Gasteiger charge is -2.22. The van der Waals surface area contributed by atoms with Crippen LogP contribution in [0.4, 0.5) is 5.13 Å². The molecular weight excluding hydrogens is 363 g/mol. The van der Waals surface area contributed by atoms with Crippen molar-refractivity contribution in [1.82, 2.24) is 9.88 Å². The number of amides is 1. The number of thiophene rings is 1. The number of halogens is 2. The van der Waals surface area contributed by atoms with Crippen molar-refractivity contribution in [2.75, 3.05) is 32.1 Å². The van der Waals surface area contributed by atoms with Crippen molar-refractivity contribution in [3.05, 3.63) is 10.9 Å². The predicted octanol–water partition coefficient (Wildman–Crippen LogP) is 2.83. The largest absolute Gasteiger partial charge is 0.354 e. The molecule has 0 spiro atoms. The summed E-state index contributed by atoms with van der Waals surface area (Å²) in [6.07, 6.45) is 2.07. The lowest BCUT2D eigenvalue weighted by Crippen LogP contribution is -2.39. The number of nitrogens with zero attached hydrogens (tertiary/aromatic N) is 3. The monoisotopic (exact) mass is 382 g/mol. The van der Waals surface area contributed by atoms with Gasteiger partial charge in [0.25, 0.3) is 5.91 Å². The fourth-order valence-electron chi connectivity index (χ4n) is 2.51. The molecule has 124 valence electrons. The number of rotatable bonds is 3. The third kappa shape index (κ3) is 3.49. The van der Waals surface area contributed by atoms with Crippen molar-refractivity contribution in [1.29, 1.82) is 0 Å². The number of thiazole rings is 1. The van der Waals surface area contributed by atoms with E-state index >= 15 is 0 Å². The number of carbonyl (C=O) groups excluding carboxylic acids is 1. The molecule has 2 N–H and O–H groups in total. The molecule has 22 heavy (non-hydrogen) atoms. The van der Waals surface area contributed by atoms with Crippen LogP contribution in [0.1, 0.15) is 22.5 Å². The Morgan fingerprint density at radius 3 is 2.77 bits per heavy atom. The minimum atomic E-state index is 0. The molecule has 0 aliphatic carbocycles. The summed E-state index contributed by atoms with van der Waals surface area (Å²) < 4.78 is 1.09. The van der Waals surface area contributed by atoms with E-state index in [-0.39, 0.29) is 36.8 Å². The van der Waals surface area contributed by atoms with Gasteiger partial charge in [0.1, 0.15) is 4.83 Å². The summed E-state index contributed by atoms with van der Waals surface area (Å²) in [5.74, 6) is 0.111. The molecule has 9 heteroatoms. The number of fused-ring (bicyclic) bond motifs is 1. The highest BCUT2D eigenvalue weighted by atomic mass is 35.5. The average molecular weight is 383 g/mol. The first-order chi connectivity index (χ1) is 9.60. The van der Waals surface area contributed by atoms with Crippen LogP contribution in [0.25, 0.3) is 9.53 Å². The quantitative estimate of drug-likeness (QED) is 0.886. The third-order valence-electron chi connectivity index (χ3n) is 3.58. The summed E-state index contributed by atoms with van der Waals surface area (Å²) >= 11 is 3.11. The molecular formula is C13H20Cl2N4OS2. The van der Waals surface area contributed by atoms with Gasteiger partial charge in [0.2, 0.25) is 0 Å². The Morgan fingerprint density at radius 2 is 2.18 bits per heavy atom. The van der Waals surface area contributed by atoms with Gasteiger partial charge in [-0.3, -0.25) is 4.79 Å². The third-order valence-corrected chi connectivity index (χ3v) is 5.90. The van der Waals surface area contributed by atoms with E-state index in [9.17, 15) is 4.79 Å². The number of aromatic nitrogens is 1. The molecule has 3 heterocycles. The van der Waals surface area contributed by atoms with E-state index in [0.717, 1.165) is 38.9 Å². The number of anilines is 1. The highest BCUT2D eigenvalue weighted by Gasteiger charge is 2.29. The topological polar surface area (TPSA) is 62.5 Å². The number of hydrogen-bond donors (Lipinski definition) is 1. The lowest BCUT2D eigenvalue weighted by molar-refractivity contribution is 0.0746. The number of nitrogens with two attached hydrogens (primary N) is 1. The Labute approximate surface area is 150 Å². The van der Waals surface area contributed by atoms with Crippen molar-refractivity contribution in [2.24, 2.45) is 5.73 Å². The number of carbonyl (C=O) groups is 1. The van der Waals surface area contributed by atoms with Gasteiger partial charge in [-0.1, -0.05) is 11.3 Å². The molecule has 0 saturated carbocycles. The van der Waals surface area contributed by atoms with Crippen LogP contribution < -0.4 is 10.6 Å². The summed E-state index contributed by atoms with van der Waals surface area (Å²) in [5, 5.41) is 0.978. The van der Waals surface area contributed by atoms with Gasteiger partial charge in [0, 0.05) is 33.2 Å². The first kappa shape index (κ1) is 19.4. The molecule has 1 aliphatic heterocycles. The fraction of sp³-hybridized carbons (Fsp3) is 0.538. The Bertz CT molecular complexity index is 612. The zero-order valence-electron chi connectivity index (χ0n) is 12.4. The van der Waals surface area contributed by atoms with Crippen LogP contribution in [0.15, 0.2) is 6.07 Å². The van der Waals surface area contributed by atoms with Gasteiger partial charge in [0.15, 0.2) is 5.13 Å². The van der Waals surface area contributed by atoms with Crippen LogP contribution in [0.5, 0.6) is 0 Å². The van der Waals surface area contributed by atoms with E-state index in [2.05, 4.69) is 4.98 Å². The van der Waals surface area contributed by atoms with Gasteiger partial charge in [-0.05, 0) is 18.9 Å². The average Bonchev–Trinajstić information content (AvgIpc) is 3.10. The molecule has 1 aliphatic rings. The van der Waals surface area contributed by atoms with Gasteiger partial charge in [0.05, 0.1) is 9.58 Å². The van der Waals surface area contributed by atoms with E-state index in [1.165, 1.54) is 11.3 Å². The smallest absolute Gasteiger partial charge is 0.264 e. The minimum absolute atomic E-state index is 0. The maximum absolute atomic E-state index is 12.5. The number of hydrogen-bond acceptors (Lipinski definition) is 6. The first-order valence-corrected chi connectivity index (χ1v) is 8.32. The van der Waals surface area contributed by atoms with Gasteiger partial charge >= 0.3 is 0 Å². The van der Waals surface area contributed by atoms with Crippen molar-refractivity contribution in [3.63, 3.8) is 0 Å². The van der Waals surface area contributed by atoms with Crippen molar-refractivity contribution < 1.29 is 4.79 Å². The second-order valence-electron chi connectivity index (χ2n) is 5.20. The van der Waals surface area contributed by atoms with Crippen LogP contribution in [0.3, 0.4) is 0 Å². The van der Waals surface area contributed by atoms with Crippen LogP contribution in [-0.4, -0.2) is 49.0 Å². The summed E-state index contributed by atoms with van der Waals surface area (Å²) in [5.41, 5.74) is 5.74. The van der Waals surface area contributed by atoms with E-state index in [4.69, 9.17) is 5.73 Å². The van der Waals surface area contributed by atoms with Gasteiger partial charge in [-0.2, -0.15) is 0 Å². The molecule has 0 bridgehead atoms. The Balaban J connectivity index is 0.00000121. The Morgan fingerprint density at radius 1 is 1.45 bits per heavy atom. The van der Waals surface area contributed by atoms with Gasteiger partial charge in [-0.25, -0.2) is 4.98 Å². The van der Waals surface area contributed by atoms with E-state index in [1.54, 1.807) is 11.3 Å². The first-order valence-electron chi connectivity index (χ1n) is 6.69. The Kier molecular flexibility index (Phi) is 6.88. The molecule has 5 nitrogen and oxygen atoms in total. The summed E-state index contributed by atoms with van der Waals surface area (Å²) in [6, 6.07) is 2.17. The fourth-order valence-corrected chi connectivity index (χ4v) is 4.60. The van der Waals surface area contributed by atoms with Gasteiger partial charge < -0.3 is 15.5 Å². The van der Waals surface area contributed by atoms with Crippen molar-refractivity contribution >= 4 is 68.1 Å². The molecule has 0 radical (unpaired) electrons. The van der Waals surface area contributed by atoms with E-state index in [0.29, 0.717) is 6.54 Å². The Hall–Kier alpha value is -0.600. The highest BCUT2D eigenvalue weighted by Crippen LogP contribution is 2.35. The summed E-state index contributed by atoms with van der Waals surface area (Å²) in [7, 11) is 3.95. The van der Waals surface area contributed by atoms with E-state index in [1.807, 2.05) is 30.0 Å². The zero-order chi connectivity index (χ0) is 14.3. The molecule has 0 aromatic carbocycles. The SMILES string of the molecule is CN(C)c1nc2sc(C(=O)N3CCCC3CN)cc2s1.Cl.Cl. The van der Waals surface area contributed by atoms with Crippen LogP contribution >= 0.6 is 47.5 Å². The van der Waals surface area contributed by atoms with Crippen molar-refractivity contribution in [3.8, 4) is 0 Å². The second-order valence-corrected chi connectivity index (χ2v) is 7.24. The molecule has 1 unspecified atom stereocenters.